The number of ether oxygens (including phenoxy) is 3. The van der Waals surface area contributed by atoms with Gasteiger partial charge in [0.15, 0.2) is 17.1 Å². The van der Waals surface area contributed by atoms with Gasteiger partial charge in [0, 0.05) is 23.7 Å². The summed E-state index contributed by atoms with van der Waals surface area (Å²) >= 11 is 0. The molecule has 5 N–H and O–H groups in total. The van der Waals surface area contributed by atoms with Gasteiger partial charge in [-0.15, -0.1) is 0 Å². The van der Waals surface area contributed by atoms with Crippen molar-refractivity contribution in [2.24, 2.45) is 0 Å². The number of aliphatic hydroxyl groups is 1. The number of benzene rings is 1. The Bertz CT molecular complexity index is 1240. The average Bonchev–Trinajstić information content (AvgIpc) is 3.29. The number of nitrogens with zero attached hydrogens (tertiary/aromatic N) is 1. The zero-order chi connectivity index (χ0) is 33.5. The Morgan fingerprint density at radius 3 is 1.77 bits per heavy atom. The summed E-state index contributed by atoms with van der Waals surface area (Å²) < 4.78 is 22.6. The van der Waals surface area contributed by atoms with E-state index in [0.29, 0.717) is 23.3 Å². The number of nitrogens with one attached hydrogen (secondary N) is 1. The van der Waals surface area contributed by atoms with Crippen LogP contribution in [-0.4, -0.2) is 87.3 Å². The fraction of sp³-hybridized carbons (Fsp3) is 0.581. The van der Waals surface area contributed by atoms with Gasteiger partial charge in [0.25, 0.3) is 0 Å². The van der Waals surface area contributed by atoms with E-state index in [-0.39, 0.29) is 11.1 Å². The highest BCUT2D eigenvalue weighted by molar-refractivity contribution is 5.88. The van der Waals surface area contributed by atoms with E-state index in [2.05, 4.69) is 44.0 Å². The highest BCUT2D eigenvalue weighted by atomic mass is 16.5. The third kappa shape index (κ3) is 10.4. The average molecular weight is 623 g/mol. The Hall–Kier alpha value is -3.81. The lowest BCUT2D eigenvalue weighted by Gasteiger charge is -2.49. The first kappa shape index (κ1) is 36.4. The summed E-state index contributed by atoms with van der Waals surface area (Å²) in [5.41, 5.74) is -1.51. The lowest BCUT2D eigenvalue weighted by atomic mass is 9.79. The quantitative estimate of drug-likeness (QED) is 0.218. The summed E-state index contributed by atoms with van der Waals surface area (Å²) in [5.74, 6) is -1.12. The van der Waals surface area contributed by atoms with E-state index < -0.39 is 36.4 Å². The molecule has 1 aliphatic rings. The van der Waals surface area contributed by atoms with Crippen LogP contribution in [0, 0.1) is 6.92 Å². The molecule has 0 radical (unpaired) electrons. The van der Waals surface area contributed by atoms with Crippen molar-refractivity contribution in [3.63, 3.8) is 0 Å². The van der Waals surface area contributed by atoms with E-state index >= 15 is 0 Å². The van der Waals surface area contributed by atoms with E-state index in [4.69, 9.17) is 39.1 Å². The Balaban J connectivity index is 0.000000439. The van der Waals surface area contributed by atoms with Gasteiger partial charge in [0.05, 0.1) is 40.7 Å². The van der Waals surface area contributed by atoms with E-state index in [1.165, 1.54) is 0 Å². The number of furan rings is 1. The second-order valence-electron chi connectivity index (χ2n) is 12.4. The third-order valence-electron chi connectivity index (χ3n) is 7.24. The number of rotatable bonds is 13. The summed E-state index contributed by atoms with van der Waals surface area (Å²) in [4.78, 5) is 33.0. The van der Waals surface area contributed by atoms with Crippen LogP contribution in [0.3, 0.4) is 0 Å². The Morgan fingerprint density at radius 1 is 0.909 bits per heavy atom. The Labute approximate surface area is 257 Å². The van der Waals surface area contributed by atoms with Crippen molar-refractivity contribution >= 4 is 17.9 Å². The number of hydrogen-bond acceptors (Lipinski definition) is 10. The van der Waals surface area contributed by atoms with E-state index in [9.17, 15) is 14.4 Å². The zero-order valence-corrected chi connectivity index (χ0v) is 26.7. The molecule has 0 saturated carbocycles. The Morgan fingerprint density at radius 2 is 1.41 bits per heavy atom. The minimum Gasteiger partial charge on any atom is -0.493 e. The molecule has 2 aromatic rings. The number of aliphatic carboxylic acids is 3. The molecule has 0 bridgehead atoms. The fourth-order valence-corrected chi connectivity index (χ4v) is 5.79. The molecule has 13 heteroatoms. The van der Waals surface area contributed by atoms with E-state index in [1.807, 2.05) is 25.1 Å². The molecule has 1 saturated heterocycles. The first-order valence-corrected chi connectivity index (χ1v) is 14.1. The lowest BCUT2D eigenvalue weighted by Crippen LogP contribution is -2.62. The molecule has 0 unspecified atom stereocenters. The molecular formula is C31H46N2O11. The van der Waals surface area contributed by atoms with Crippen molar-refractivity contribution in [2.75, 3.05) is 21.3 Å². The van der Waals surface area contributed by atoms with Crippen LogP contribution in [0.5, 0.6) is 17.2 Å². The number of methoxy groups -OCH3 is 3. The summed E-state index contributed by atoms with van der Waals surface area (Å²) in [6.45, 7) is 12.6. The van der Waals surface area contributed by atoms with Crippen molar-refractivity contribution < 1.29 is 53.4 Å². The summed E-state index contributed by atoms with van der Waals surface area (Å²) in [6, 6.07) is 8.59. The molecule has 1 fully saturated rings. The standard InChI is InChI=1S/C25H38N2O4.C6H8O7/c1-17-9-10-20(31-17)16-27(19-13-24(2,3)26-25(4,5)14-19)15-18-11-21(28-6)23(30-8)22(12-18)29-7;7-3(8)1-6(13,5(11)12)2-4(9)10/h9-12,19,26H,13-16H2,1-8H3;13H,1-2H2,(H,7,8)(H,9,10)(H,11,12). The number of hydrogen-bond donors (Lipinski definition) is 5. The monoisotopic (exact) mass is 622 g/mol. The summed E-state index contributed by atoms with van der Waals surface area (Å²) in [5, 5.41) is 37.6. The molecule has 246 valence electrons. The third-order valence-corrected chi connectivity index (χ3v) is 7.24. The topological polar surface area (TPSA) is 188 Å². The molecule has 0 aliphatic carbocycles. The molecule has 3 rings (SSSR count). The maximum Gasteiger partial charge on any atom is 0.336 e. The van der Waals surface area contributed by atoms with E-state index in [1.54, 1.807) is 21.3 Å². The van der Waals surface area contributed by atoms with Gasteiger partial charge in [-0.05, 0) is 77.3 Å². The van der Waals surface area contributed by atoms with Crippen LogP contribution in [0.1, 0.15) is 70.5 Å². The molecular weight excluding hydrogens is 576 g/mol. The van der Waals surface area contributed by atoms with Crippen molar-refractivity contribution in [1.29, 1.82) is 0 Å². The number of carbonyl (C=O) groups is 3. The highest BCUT2D eigenvalue weighted by Gasteiger charge is 2.41. The number of carboxylic acids is 3. The molecule has 0 atom stereocenters. The maximum absolute atomic E-state index is 10.3. The fourth-order valence-electron chi connectivity index (χ4n) is 5.79. The molecule has 13 nitrogen and oxygen atoms in total. The maximum atomic E-state index is 10.3. The van der Waals surface area contributed by atoms with Gasteiger partial charge in [0.2, 0.25) is 5.75 Å². The van der Waals surface area contributed by atoms with Gasteiger partial charge in [0.1, 0.15) is 11.5 Å². The minimum absolute atomic E-state index is 0.0546. The Kier molecular flexibility index (Phi) is 12.2. The van der Waals surface area contributed by atoms with Crippen LogP contribution in [0.25, 0.3) is 0 Å². The van der Waals surface area contributed by atoms with Gasteiger partial charge in [-0.25, -0.2) is 4.79 Å². The number of aryl methyl sites for hydroxylation is 1. The SMILES string of the molecule is COc1cc(CN(Cc2ccc(C)o2)C2CC(C)(C)NC(C)(C)C2)cc(OC)c1OC.O=C(O)CC(O)(CC(=O)O)C(=O)O. The van der Waals surface area contributed by atoms with Crippen LogP contribution in [0.4, 0.5) is 0 Å². The van der Waals surface area contributed by atoms with Crippen molar-refractivity contribution in [2.45, 2.75) is 96.1 Å². The molecule has 1 aromatic heterocycles. The van der Waals surface area contributed by atoms with Crippen molar-refractivity contribution in [1.82, 2.24) is 10.2 Å². The van der Waals surface area contributed by atoms with Crippen LogP contribution in [0.15, 0.2) is 28.7 Å². The van der Waals surface area contributed by atoms with Gasteiger partial charge in [-0.3, -0.25) is 14.5 Å². The molecule has 0 spiro atoms. The normalized spacial score (nSPS) is 16.0. The largest absolute Gasteiger partial charge is 0.493 e. The van der Waals surface area contributed by atoms with Crippen LogP contribution in [0.2, 0.25) is 0 Å². The zero-order valence-electron chi connectivity index (χ0n) is 26.7. The van der Waals surface area contributed by atoms with Crippen molar-refractivity contribution in [3.8, 4) is 17.2 Å². The molecule has 1 aliphatic heterocycles. The number of carboxylic acid groups (broad SMARTS) is 3. The van der Waals surface area contributed by atoms with Crippen molar-refractivity contribution in [3.05, 3.63) is 41.3 Å². The van der Waals surface area contributed by atoms with Crippen LogP contribution in [-0.2, 0) is 27.5 Å². The van der Waals surface area contributed by atoms with Gasteiger partial charge in [-0.1, -0.05) is 0 Å². The smallest absolute Gasteiger partial charge is 0.336 e. The molecule has 2 heterocycles. The van der Waals surface area contributed by atoms with Gasteiger partial charge < -0.3 is 44.4 Å². The van der Waals surface area contributed by atoms with Gasteiger partial charge >= 0.3 is 17.9 Å². The minimum atomic E-state index is -2.74. The predicted molar refractivity (Wildman–Crippen MR) is 160 cm³/mol. The second-order valence-corrected chi connectivity index (χ2v) is 12.4. The second kappa shape index (κ2) is 14.8. The summed E-state index contributed by atoms with van der Waals surface area (Å²) in [6.07, 6.45) is -0.176. The summed E-state index contributed by atoms with van der Waals surface area (Å²) in [7, 11) is 4.94. The first-order valence-electron chi connectivity index (χ1n) is 14.1. The first-order chi connectivity index (χ1) is 20.3. The molecule has 1 aromatic carbocycles. The van der Waals surface area contributed by atoms with E-state index in [0.717, 1.165) is 43.0 Å². The lowest BCUT2D eigenvalue weighted by molar-refractivity contribution is -0.170. The number of piperidine rings is 1. The van der Waals surface area contributed by atoms with Crippen LogP contribution >= 0.6 is 0 Å². The molecule has 44 heavy (non-hydrogen) atoms. The molecule has 0 amide bonds. The van der Waals surface area contributed by atoms with Crippen LogP contribution < -0.4 is 19.5 Å². The van der Waals surface area contributed by atoms with Gasteiger partial charge in [-0.2, -0.15) is 0 Å². The highest BCUT2D eigenvalue weighted by Crippen LogP contribution is 2.39. The predicted octanol–water partition coefficient (Wildman–Crippen LogP) is 3.68.